The molecule has 0 fully saturated rings. The van der Waals surface area contributed by atoms with Crippen LogP contribution < -0.4 is 14.5 Å². The van der Waals surface area contributed by atoms with Gasteiger partial charge in [0.1, 0.15) is 17.0 Å². The molecule has 4 heterocycles. The minimum Gasteiger partial charge on any atom is -0.509 e. The number of pyridine rings is 1. The zero-order chi connectivity index (χ0) is 28.5. The standard InChI is InChI=1S/C37H23N4O2.Pt/c1-39-23-40(33-15-6-5-14-32(33)39)24-9-8-10-25(19-24)42-26-17-18-28-27-11-2-4-13-31(27)41(34(28)20-26)37-21-36-30(22-38-37)29-12-3-7-16-35(29)43-36;/h2-18,21-23H,1H3;/q-3;. The first-order valence-corrected chi connectivity index (χ1v) is 14.1. The summed E-state index contributed by atoms with van der Waals surface area (Å²) in [6.07, 6.45) is 1.89. The van der Waals surface area contributed by atoms with Gasteiger partial charge in [0.2, 0.25) is 0 Å². The Kier molecular flexibility index (Phi) is 6.21. The molecule has 9 rings (SSSR count). The van der Waals surface area contributed by atoms with Crippen molar-refractivity contribution < 1.29 is 30.2 Å². The third-order valence-electron chi connectivity index (χ3n) is 8.08. The maximum absolute atomic E-state index is 6.38. The predicted molar refractivity (Wildman–Crippen MR) is 171 cm³/mol. The molecule has 1 aliphatic heterocycles. The summed E-state index contributed by atoms with van der Waals surface area (Å²) in [5.41, 5.74) is 6.69. The average Bonchev–Trinajstić information content (AvgIpc) is 3.70. The Balaban J connectivity index is 0.00000289. The number of rotatable bonds is 4. The largest absolute Gasteiger partial charge is 0.509 e. The summed E-state index contributed by atoms with van der Waals surface area (Å²) in [4.78, 5) is 9.11. The molecule has 0 atom stereocenters. The molecule has 0 bridgehead atoms. The van der Waals surface area contributed by atoms with Crippen molar-refractivity contribution in [3.63, 3.8) is 0 Å². The fourth-order valence-corrected chi connectivity index (χ4v) is 6.11. The molecular formula is C37H23N4O2Pt-3. The Morgan fingerprint density at radius 2 is 1.48 bits per heavy atom. The summed E-state index contributed by atoms with van der Waals surface area (Å²) in [6, 6.07) is 43.6. The molecule has 0 radical (unpaired) electrons. The van der Waals surface area contributed by atoms with Crippen LogP contribution in [-0.2, 0) is 21.1 Å². The SMILES string of the molecule is CN1[CH-]N(c2[c-]c(Oc3[c-]c4c(cc3)c3ccccc3n4-c3cc4oc5ccccc5c4cn3)ccc2)c2ccccc21.[Pt]. The molecule has 6 nitrogen and oxygen atoms in total. The van der Waals surface area contributed by atoms with E-state index in [9.17, 15) is 0 Å². The molecule has 0 unspecified atom stereocenters. The quantitative estimate of drug-likeness (QED) is 0.168. The second-order valence-corrected chi connectivity index (χ2v) is 10.7. The van der Waals surface area contributed by atoms with Gasteiger partial charge in [-0.1, -0.05) is 54.0 Å². The van der Waals surface area contributed by atoms with E-state index < -0.39 is 0 Å². The molecule has 1 aliphatic rings. The molecule has 0 saturated carbocycles. The molecular weight excluding hydrogens is 728 g/mol. The van der Waals surface area contributed by atoms with Crippen molar-refractivity contribution in [2.75, 3.05) is 16.8 Å². The van der Waals surface area contributed by atoms with Gasteiger partial charge in [0.25, 0.3) is 0 Å². The summed E-state index contributed by atoms with van der Waals surface area (Å²) in [7, 11) is 2.04. The van der Waals surface area contributed by atoms with Crippen LogP contribution in [0.25, 0.3) is 49.6 Å². The third-order valence-corrected chi connectivity index (χ3v) is 8.08. The number of ether oxygens (including phenoxy) is 1. The summed E-state index contributed by atoms with van der Waals surface area (Å²) in [5.74, 6) is 1.96. The summed E-state index contributed by atoms with van der Waals surface area (Å²) in [5, 5.41) is 4.24. The smallest absolute Gasteiger partial charge is 0.140 e. The number of furan rings is 1. The Hall–Kier alpha value is -5.06. The van der Waals surface area contributed by atoms with Crippen LogP contribution in [0.5, 0.6) is 11.5 Å². The second-order valence-electron chi connectivity index (χ2n) is 10.7. The Bertz CT molecular complexity index is 2360. The molecule has 0 spiro atoms. The third kappa shape index (κ3) is 4.09. The number of anilines is 3. The van der Waals surface area contributed by atoms with Gasteiger partial charge in [0, 0.05) is 72.5 Å². The van der Waals surface area contributed by atoms with Gasteiger partial charge in [-0.15, -0.1) is 41.4 Å². The van der Waals surface area contributed by atoms with Crippen molar-refractivity contribution in [1.29, 1.82) is 0 Å². The van der Waals surface area contributed by atoms with Crippen molar-refractivity contribution in [3.8, 4) is 17.3 Å². The summed E-state index contributed by atoms with van der Waals surface area (Å²) >= 11 is 0. The maximum Gasteiger partial charge on any atom is 0.140 e. The number of hydrogen-bond acceptors (Lipinski definition) is 5. The molecule has 8 aromatic rings. The number of nitrogens with zero attached hydrogens (tertiary/aromatic N) is 4. The minimum atomic E-state index is 0. The molecule has 0 saturated heterocycles. The number of para-hydroxylation sites is 4. The zero-order valence-electron chi connectivity index (χ0n) is 23.5. The second kappa shape index (κ2) is 10.3. The number of aromatic nitrogens is 2. The molecule has 44 heavy (non-hydrogen) atoms. The van der Waals surface area contributed by atoms with Crippen LogP contribution in [-0.4, -0.2) is 16.6 Å². The number of hydrogen-bond donors (Lipinski definition) is 0. The summed E-state index contributed by atoms with van der Waals surface area (Å²) in [6.45, 7) is 2.06. The maximum atomic E-state index is 6.38. The Morgan fingerprint density at radius 1 is 0.705 bits per heavy atom. The summed E-state index contributed by atoms with van der Waals surface area (Å²) < 4.78 is 14.7. The first kappa shape index (κ1) is 26.6. The topological polar surface area (TPSA) is 46.7 Å². The zero-order valence-corrected chi connectivity index (χ0v) is 25.7. The van der Waals surface area contributed by atoms with Gasteiger partial charge in [-0.2, -0.15) is 18.8 Å². The first-order chi connectivity index (χ1) is 21.2. The molecule has 216 valence electrons. The van der Waals surface area contributed by atoms with Crippen molar-refractivity contribution in [2.45, 2.75) is 0 Å². The van der Waals surface area contributed by atoms with Crippen LogP contribution in [0.15, 0.2) is 120 Å². The van der Waals surface area contributed by atoms with Crippen molar-refractivity contribution in [2.24, 2.45) is 0 Å². The molecule has 5 aromatic carbocycles. The number of fused-ring (bicyclic) bond motifs is 7. The number of benzene rings is 5. The Morgan fingerprint density at radius 3 is 2.39 bits per heavy atom. The normalized spacial score (nSPS) is 12.8. The van der Waals surface area contributed by atoms with E-state index in [1.165, 1.54) is 0 Å². The van der Waals surface area contributed by atoms with Crippen LogP contribution in [0.3, 0.4) is 0 Å². The fraction of sp³-hybridized carbons (Fsp3) is 0.0270. The van der Waals surface area contributed by atoms with Crippen molar-refractivity contribution in [3.05, 3.63) is 134 Å². The van der Waals surface area contributed by atoms with Crippen LogP contribution in [0, 0.1) is 18.8 Å². The molecule has 7 heteroatoms. The molecule has 0 N–H and O–H groups in total. The van der Waals surface area contributed by atoms with E-state index >= 15 is 0 Å². The fourth-order valence-electron chi connectivity index (χ4n) is 6.11. The molecule has 3 aromatic heterocycles. The van der Waals surface area contributed by atoms with E-state index in [1.54, 1.807) is 0 Å². The van der Waals surface area contributed by atoms with E-state index in [-0.39, 0.29) is 21.1 Å². The van der Waals surface area contributed by atoms with Crippen LogP contribution in [0.1, 0.15) is 0 Å². The van der Waals surface area contributed by atoms with Crippen LogP contribution >= 0.6 is 0 Å². The van der Waals surface area contributed by atoms with E-state index in [1.807, 2.05) is 80.0 Å². The molecule has 0 amide bonds. The monoisotopic (exact) mass is 750 g/mol. The van der Waals surface area contributed by atoms with E-state index in [4.69, 9.17) is 14.1 Å². The Labute approximate surface area is 268 Å². The van der Waals surface area contributed by atoms with Gasteiger partial charge >= 0.3 is 0 Å². The predicted octanol–water partition coefficient (Wildman–Crippen LogP) is 9.18. The van der Waals surface area contributed by atoms with Crippen LogP contribution in [0.4, 0.5) is 17.1 Å². The van der Waals surface area contributed by atoms with Gasteiger partial charge in [0.15, 0.2) is 0 Å². The van der Waals surface area contributed by atoms with Gasteiger partial charge in [-0.05, 0) is 36.7 Å². The first-order valence-electron chi connectivity index (χ1n) is 14.1. The van der Waals surface area contributed by atoms with E-state index in [2.05, 4.69) is 75.6 Å². The van der Waals surface area contributed by atoms with Gasteiger partial charge in [-0.25, -0.2) is 4.98 Å². The van der Waals surface area contributed by atoms with Gasteiger partial charge in [-0.3, -0.25) is 0 Å². The van der Waals surface area contributed by atoms with E-state index in [0.717, 1.165) is 66.6 Å². The van der Waals surface area contributed by atoms with E-state index in [0.29, 0.717) is 11.5 Å². The average molecular weight is 751 g/mol. The van der Waals surface area contributed by atoms with Crippen molar-refractivity contribution >= 4 is 60.8 Å². The van der Waals surface area contributed by atoms with Gasteiger partial charge in [0.05, 0.1) is 0 Å². The van der Waals surface area contributed by atoms with Crippen LogP contribution in [0.2, 0.25) is 0 Å². The van der Waals surface area contributed by atoms with Crippen molar-refractivity contribution in [1.82, 2.24) is 9.55 Å². The minimum absolute atomic E-state index is 0. The molecule has 0 aliphatic carbocycles. The van der Waals surface area contributed by atoms with Gasteiger partial charge < -0.3 is 23.5 Å².